The molecule has 1 heterocycles. The second kappa shape index (κ2) is 7.75. The highest BCUT2D eigenvalue weighted by Crippen LogP contribution is 2.34. The second-order valence-corrected chi connectivity index (χ2v) is 7.54. The van der Waals surface area contributed by atoms with Crippen molar-refractivity contribution in [2.24, 2.45) is 0 Å². The van der Waals surface area contributed by atoms with E-state index < -0.39 is 11.9 Å². The van der Waals surface area contributed by atoms with Gasteiger partial charge in [0.05, 0.1) is 0 Å². The lowest BCUT2D eigenvalue weighted by atomic mass is 9.82. The molecule has 0 bridgehead atoms. The van der Waals surface area contributed by atoms with Crippen LogP contribution in [0.1, 0.15) is 31.2 Å². The first kappa shape index (κ1) is 18.7. The lowest BCUT2D eigenvalue weighted by Gasteiger charge is -2.33. The first-order chi connectivity index (χ1) is 13.5. The number of carbonyl (C=O) groups excluding carboxylic acids is 1. The topological polar surface area (TPSA) is 67.8 Å². The molecule has 2 N–H and O–H groups in total. The standard InChI is InChI=1S/C22H20ClNO4/c23-16-6-3-5-15(13-16)10-12-22(26)11-4-7-17(14-22)24-20(25)21-27-18-8-1-2-9-19(18)28-21/h1-3,5-6,8-9,13,17,21,26H,4,7,11,14H2,(H,24,25)/t17-,22+/m0/s1. The summed E-state index contributed by atoms with van der Waals surface area (Å²) in [5.41, 5.74) is -0.406. The van der Waals surface area contributed by atoms with E-state index in [0.29, 0.717) is 29.4 Å². The minimum Gasteiger partial charge on any atom is -0.442 e. The molecule has 4 rings (SSSR count). The van der Waals surface area contributed by atoms with Gasteiger partial charge >= 0.3 is 12.2 Å². The third-order valence-corrected chi connectivity index (χ3v) is 5.10. The number of aliphatic hydroxyl groups is 1. The van der Waals surface area contributed by atoms with Gasteiger partial charge in [0.1, 0.15) is 5.60 Å². The molecule has 2 aliphatic rings. The molecule has 1 aliphatic heterocycles. The molecule has 144 valence electrons. The summed E-state index contributed by atoms with van der Waals surface area (Å²) < 4.78 is 11.1. The number of hydrogen-bond donors (Lipinski definition) is 2. The summed E-state index contributed by atoms with van der Waals surface area (Å²) in [5.74, 6) is 6.70. The monoisotopic (exact) mass is 397 g/mol. The van der Waals surface area contributed by atoms with Gasteiger partial charge in [-0.1, -0.05) is 41.6 Å². The third-order valence-electron chi connectivity index (χ3n) is 4.87. The summed E-state index contributed by atoms with van der Waals surface area (Å²) in [6.07, 6.45) is 1.44. The Morgan fingerprint density at radius 1 is 1.18 bits per heavy atom. The van der Waals surface area contributed by atoms with Gasteiger partial charge in [0.2, 0.25) is 0 Å². The molecule has 5 nitrogen and oxygen atoms in total. The molecule has 1 saturated carbocycles. The number of ether oxygens (including phenoxy) is 2. The van der Waals surface area contributed by atoms with Crippen LogP contribution in [0.4, 0.5) is 0 Å². The maximum Gasteiger partial charge on any atom is 0.321 e. The van der Waals surface area contributed by atoms with Crippen molar-refractivity contribution >= 4 is 17.5 Å². The second-order valence-electron chi connectivity index (χ2n) is 7.11. The molecule has 0 aromatic heterocycles. The summed E-state index contributed by atoms with van der Waals surface area (Å²) in [4.78, 5) is 12.5. The number of para-hydroxylation sites is 2. The van der Waals surface area contributed by atoms with Crippen molar-refractivity contribution in [3.05, 3.63) is 59.1 Å². The Hall–Kier alpha value is -2.68. The van der Waals surface area contributed by atoms with Gasteiger partial charge in [-0.05, 0) is 49.6 Å². The average molecular weight is 398 g/mol. The van der Waals surface area contributed by atoms with Crippen LogP contribution in [0.5, 0.6) is 11.5 Å². The van der Waals surface area contributed by atoms with E-state index in [1.54, 1.807) is 24.3 Å². The molecular weight excluding hydrogens is 378 g/mol. The van der Waals surface area contributed by atoms with Crippen LogP contribution in [0, 0.1) is 11.8 Å². The molecule has 1 amide bonds. The molecule has 2 aromatic rings. The Bertz CT molecular complexity index is 926. The highest BCUT2D eigenvalue weighted by atomic mass is 35.5. The van der Waals surface area contributed by atoms with Crippen LogP contribution in [-0.2, 0) is 4.79 Å². The van der Waals surface area contributed by atoms with Gasteiger partial charge < -0.3 is 19.9 Å². The molecule has 6 heteroatoms. The predicted molar refractivity (Wildman–Crippen MR) is 105 cm³/mol. The summed E-state index contributed by atoms with van der Waals surface area (Å²) in [7, 11) is 0. The van der Waals surface area contributed by atoms with Gasteiger partial charge in [0, 0.05) is 23.0 Å². The van der Waals surface area contributed by atoms with E-state index in [2.05, 4.69) is 17.2 Å². The number of carbonyl (C=O) groups is 1. The van der Waals surface area contributed by atoms with E-state index in [9.17, 15) is 9.90 Å². The summed E-state index contributed by atoms with van der Waals surface area (Å²) >= 11 is 5.98. The summed E-state index contributed by atoms with van der Waals surface area (Å²) in [5, 5.41) is 14.4. The largest absolute Gasteiger partial charge is 0.442 e. The third kappa shape index (κ3) is 4.24. The molecule has 2 aromatic carbocycles. The number of halogens is 1. The average Bonchev–Trinajstić information content (AvgIpc) is 3.11. The molecular formula is C22H20ClNO4. The number of hydrogen-bond acceptors (Lipinski definition) is 4. The van der Waals surface area contributed by atoms with Gasteiger partial charge in [-0.2, -0.15) is 0 Å². The number of fused-ring (bicyclic) bond motifs is 1. The maximum absolute atomic E-state index is 12.5. The fourth-order valence-corrected chi connectivity index (χ4v) is 3.71. The first-order valence-electron chi connectivity index (χ1n) is 9.25. The van der Waals surface area contributed by atoms with Crippen molar-refractivity contribution in [1.29, 1.82) is 0 Å². The van der Waals surface area contributed by atoms with Crippen molar-refractivity contribution in [1.82, 2.24) is 5.32 Å². The van der Waals surface area contributed by atoms with Crippen molar-refractivity contribution in [2.45, 2.75) is 43.6 Å². The van der Waals surface area contributed by atoms with E-state index in [1.165, 1.54) is 0 Å². The predicted octanol–water partition coefficient (Wildman–Crippen LogP) is 3.28. The molecule has 1 aliphatic carbocycles. The number of amides is 1. The van der Waals surface area contributed by atoms with Crippen LogP contribution in [0.2, 0.25) is 5.02 Å². The molecule has 0 radical (unpaired) electrons. The molecule has 1 fully saturated rings. The van der Waals surface area contributed by atoms with Crippen LogP contribution in [0.15, 0.2) is 48.5 Å². The first-order valence-corrected chi connectivity index (χ1v) is 9.62. The molecule has 0 unspecified atom stereocenters. The Labute approximate surface area is 168 Å². The Balaban J connectivity index is 1.38. The van der Waals surface area contributed by atoms with Crippen molar-refractivity contribution in [3.63, 3.8) is 0 Å². The van der Waals surface area contributed by atoms with Crippen LogP contribution in [-0.4, -0.2) is 28.9 Å². The van der Waals surface area contributed by atoms with E-state index >= 15 is 0 Å². The SMILES string of the molecule is O=C(N[C@H]1CCC[C@@](O)(C#Cc2cccc(Cl)c2)C1)C1Oc2ccccc2O1. The number of benzene rings is 2. The highest BCUT2D eigenvalue weighted by Gasteiger charge is 2.37. The van der Waals surface area contributed by atoms with Crippen LogP contribution < -0.4 is 14.8 Å². The smallest absolute Gasteiger partial charge is 0.321 e. The van der Waals surface area contributed by atoms with E-state index in [4.69, 9.17) is 21.1 Å². The lowest BCUT2D eigenvalue weighted by Crippen LogP contribution is -2.49. The zero-order chi connectivity index (χ0) is 19.6. The Morgan fingerprint density at radius 2 is 1.93 bits per heavy atom. The Kier molecular flexibility index (Phi) is 5.17. The van der Waals surface area contributed by atoms with Crippen molar-refractivity contribution < 1.29 is 19.4 Å². The van der Waals surface area contributed by atoms with Gasteiger partial charge in [-0.15, -0.1) is 0 Å². The lowest BCUT2D eigenvalue weighted by molar-refractivity contribution is -0.138. The highest BCUT2D eigenvalue weighted by molar-refractivity contribution is 6.30. The van der Waals surface area contributed by atoms with Crippen LogP contribution in [0.3, 0.4) is 0 Å². The molecule has 28 heavy (non-hydrogen) atoms. The number of nitrogens with one attached hydrogen (secondary N) is 1. The normalized spacial score (nSPS) is 23.6. The van der Waals surface area contributed by atoms with Crippen molar-refractivity contribution in [3.8, 4) is 23.3 Å². The molecule has 2 atom stereocenters. The Morgan fingerprint density at radius 3 is 2.64 bits per heavy atom. The van der Waals surface area contributed by atoms with Crippen LogP contribution >= 0.6 is 11.6 Å². The molecule has 0 spiro atoms. The van der Waals surface area contributed by atoms with Crippen LogP contribution in [0.25, 0.3) is 0 Å². The van der Waals surface area contributed by atoms with Gasteiger partial charge in [-0.3, -0.25) is 4.79 Å². The quantitative estimate of drug-likeness (QED) is 0.763. The molecule has 0 saturated heterocycles. The van der Waals surface area contributed by atoms with E-state index in [0.717, 1.165) is 18.4 Å². The van der Waals surface area contributed by atoms with E-state index in [-0.39, 0.29) is 11.9 Å². The summed E-state index contributed by atoms with van der Waals surface area (Å²) in [6, 6.07) is 14.2. The zero-order valence-corrected chi connectivity index (χ0v) is 15.9. The number of rotatable bonds is 2. The fourth-order valence-electron chi connectivity index (χ4n) is 3.52. The van der Waals surface area contributed by atoms with Crippen molar-refractivity contribution in [2.75, 3.05) is 0 Å². The fraction of sp³-hybridized carbons (Fsp3) is 0.318. The van der Waals surface area contributed by atoms with Gasteiger partial charge in [0.25, 0.3) is 0 Å². The zero-order valence-electron chi connectivity index (χ0n) is 15.2. The van der Waals surface area contributed by atoms with Gasteiger partial charge in [-0.25, -0.2) is 0 Å². The van der Waals surface area contributed by atoms with E-state index in [1.807, 2.05) is 24.3 Å². The minimum absolute atomic E-state index is 0.198. The maximum atomic E-state index is 12.5. The van der Waals surface area contributed by atoms with Gasteiger partial charge in [0.15, 0.2) is 11.5 Å². The summed E-state index contributed by atoms with van der Waals surface area (Å²) in [6.45, 7) is 0. The minimum atomic E-state index is -1.15.